The van der Waals surface area contributed by atoms with Crippen molar-refractivity contribution in [1.29, 1.82) is 0 Å². The van der Waals surface area contributed by atoms with Gasteiger partial charge in [0.15, 0.2) is 5.69 Å². The van der Waals surface area contributed by atoms with Crippen molar-refractivity contribution in [2.24, 2.45) is 4.99 Å². The van der Waals surface area contributed by atoms with Crippen molar-refractivity contribution in [1.82, 2.24) is 10.3 Å². The van der Waals surface area contributed by atoms with Gasteiger partial charge in [-0.15, -0.1) is 0 Å². The highest BCUT2D eigenvalue weighted by Gasteiger charge is 2.32. The van der Waals surface area contributed by atoms with Crippen molar-refractivity contribution in [3.05, 3.63) is 65.4 Å². The molecule has 7 nitrogen and oxygen atoms in total. The van der Waals surface area contributed by atoms with Crippen LogP contribution in [-0.2, 0) is 11.2 Å². The Morgan fingerprint density at radius 2 is 1.87 bits per heavy atom. The maximum Gasteiger partial charge on any atom is 0.222 e. The van der Waals surface area contributed by atoms with Crippen LogP contribution in [0.15, 0.2) is 58.2 Å². The third-order valence-corrected chi connectivity index (χ3v) is 5.76. The molecule has 1 N–H and O–H groups in total. The summed E-state index contributed by atoms with van der Waals surface area (Å²) >= 11 is 0. The normalized spacial score (nSPS) is 17.7. The first kappa shape index (κ1) is 18.5. The molecule has 0 bridgehead atoms. The number of carbonyl (C=O) groups is 1. The minimum absolute atomic E-state index is 0.0123. The van der Waals surface area contributed by atoms with E-state index in [0.29, 0.717) is 11.5 Å². The smallest absolute Gasteiger partial charge is 0.222 e. The number of aromatic nitrogens is 2. The second-order valence-corrected chi connectivity index (χ2v) is 7.82. The average Bonchev–Trinajstić information content (AvgIpc) is 3.49. The minimum Gasteiger partial charge on any atom is -0.372 e. The molecule has 1 unspecified atom stereocenters. The van der Waals surface area contributed by atoms with Gasteiger partial charge >= 0.3 is 0 Å². The number of para-hydroxylation sites is 1. The van der Waals surface area contributed by atoms with Crippen LogP contribution in [0.1, 0.15) is 42.5 Å². The van der Waals surface area contributed by atoms with Gasteiger partial charge in [-0.2, -0.15) is 0 Å². The van der Waals surface area contributed by atoms with Gasteiger partial charge < -0.3 is 10.2 Å². The lowest BCUT2D eigenvalue weighted by molar-refractivity contribution is -0.114. The molecule has 1 amide bonds. The van der Waals surface area contributed by atoms with E-state index in [1.54, 1.807) is 0 Å². The topological polar surface area (TPSA) is 83.6 Å². The van der Waals surface area contributed by atoms with Gasteiger partial charge in [0.2, 0.25) is 11.7 Å². The van der Waals surface area contributed by atoms with E-state index in [0.717, 1.165) is 36.5 Å². The Hall–Kier alpha value is -3.48. The summed E-state index contributed by atoms with van der Waals surface area (Å²) in [6.07, 6.45) is 3.31. The molecule has 1 atom stereocenters. The van der Waals surface area contributed by atoms with Gasteiger partial charge in [0.25, 0.3) is 0 Å². The molecule has 3 aromatic rings. The fourth-order valence-electron chi connectivity index (χ4n) is 4.32. The van der Waals surface area contributed by atoms with Crippen LogP contribution in [0.25, 0.3) is 0 Å². The molecule has 2 aliphatic heterocycles. The highest BCUT2D eigenvalue weighted by atomic mass is 16.6. The number of carbonyl (C=O) groups excluding carboxylic acids is 1. The first-order valence-electron chi connectivity index (χ1n) is 10.3. The second kappa shape index (κ2) is 7.74. The first-order valence-corrected chi connectivity index (χ1v) is 10.3. The molecule has 30 heavy (non-hydrogen) atoms. The van der Waals surface area contributed by atoms with Gasteiger partial charge in [0.05, 0.1) is 11.4 Å². The highest BCUT2D eigenvalue weighted by molar-refractivity contribution is 6.12. The highest BCUT2D eigenvalue weighted by Crippen LogP contribution is 2.40. The molecule has 0 saturated carbocycles. The van der Waals surface area contributed by atoms with E-state index in [4.69, 9.17) is 9.62 Å². The summed E-state index contributed by atoms with van der Waals surface area (Å²) < 4.78 is 4.93. The van der Waals surface area contributed by atoms with Gasteiger partial charge in [-0.1, -0.05) is 30.3 Å². The number of hydrogen-bond donors (Lipinski definition) is 1. The van der Waals surface area contributed by atoms with E-state index < -0.39 is 0 Å². The average molecular weight is 401 g/mol. The molecule has 7 heteroatoms. The zero-order valence-electron chi connectivity index (χ0n) is 16.8. The number of anilines is 2. The van der Waals surface area contributed by atoms with Crippen LogP contribution in [-0.4, -0.2) is 35.0 Å². The molecule has 2 aromatic carbocycles. The Morgan fingerprint density at radius 1 is 1.10 bits per heavy atom. The number of benzene rings is 2. The van der Waals surface area contributed by atoms with Gasteiger partial charge in [-0.05, 0) is 58.9 Å². The molecule has 3 heterocycles. The van der Waals surface area contributed by atoms with E-state index in [1.165, 1.54) is 31.0 Å². The molecule has 1 fully saturated rings. The van der Waals surface area contributed by atoms with Crippen LogP contribution < -0.4 is 10.2 Å². The molecule has 0 aliphatic carbocycles. The van der Waals surface area contributed by atoms with Gasteiger partial charge in [-0.25, -0.2) is 9.62 Å². The van der Waals surface area contributed by atoms with Crippen LogP contribution in [0.2, 0.25) is 0 Å². The molecular formula is C23H23N5O2. The van der Waals surface area contributed by atoms with Crippen molar-refractivity contribution in [3.8, 4) is 0 Å². The predicted molar refractivity (Wildman–Crippen MR) is 116 cm³/mol. The van der Waals surface area contributed by atoms with Crippen LogP contribution in [0.4, 0.5) is 17.2 Å². The summed E-state index contributed by atoms with van der Waals surface area (Å²) in [6, 6.07) is 16.9. The van der Waals surface area contributed by atoms with Gasteiger partial charge in [0.1, 0.15) is 0 Å². The number of aliphatic imine (C=N–C) groups is 1. The zero-order valence-corrected chi connectivity index (χ0v) is 16.8. The molecular weight excluding hydrogens is 378 g/mol. The van der Waals surface area contributed by atoms with E-state index >= 15 is 0 Å². The number of rotatable bonds is 5. The molecule has 5 rings (SSSR count). The van der Waals surface area contributed by atoms with Crippen molar-refractivity contribution in [2.75, 3.05) is 23.3 Å². The van der Waals surface area contributed by atoms with Crippen LogP contribution in [0, 0.1) is 0 Å². The lowest BCUT2D eigenvalue weighted by Crippen LogP contribution is -2.18. The van der Waals surface area contributed by atoms with E-state index in [1.807, 2.05) is 18.2 Å². The van der Waals surface area contributed by atoms with E-state index in [2.05, 4.69) is 50.9 Å². The zero-order chi connectivity index (χ0) is 20.5. The first-order chi connectivity index (χ1) is 14.7. The Kier molecular flexibility index (Phi) is 4.78. The van der Waals surface area contributed by atoms with Gasteiger partial charge in [-0.3, -0.25) is 4.79 Å². The molecule has 1 aromatic heterocycles. The maximum atomic E-state index is 11.5. The van der Waals surface area contributed by atoms with E-state index in [-0.39, 0.29) is 11.8 Å². The standard InChI is InChI=1S/C23H23N5O2/c1-15(29)24-23-22(26-30-27-23)21-19(18-6-2-3-7-20(18)25-21)14-16-8-10-17(11-9-16)28-12-4-5-13-28/h2-3,6-11,19H,4-5,12-14H2,1H3,(H,24,27,29). The van der Waals surface area contributed by atoms with Crippen molar-refractivity contribution in [2.45, 2.75) is 32.1 Å². The maximum absolute atomic E-state index is 11.5. The SMILES string of the molecule is CC(=O)Nc1nonc1C1=Nc2ccccc2C1Cc1ccc(N2CCCC2)cc1. The molecule has 2 aliphatic rings. The largest absolute Gasteiger partial charge is 0.372 e. The summed E-state index contributed by atoms with van der Waals surface area (Å²) in [6.45, 7) is 3.71. The summed E-state index contributed by atoms with van der Waals surface area (Å²) in [7, 11) is 0. The van der Waals surface area contributed by atoms with Gasteiger partial charge in [0, 0.05) is 31.6 Å². The molecule has 0 radical (unpaired) electrons. The Balaban J connectivity index is 1.45. The number of fused-ring (bicyclic) bond motifs is 1. The van der Waals surface area contributed by atoms with Crippen LogP contribution >= 0.6 is 0 Å². The third-order valence-electron chi connectivity index (χ3n) is 5.76. The molecule has 152 valence electrons. The summed E-state index contributed by atoms with van der Waals surface area (Å²) in [5.74, 6) is 0.0961. The lowest BCUT2D eigenvalue weighted by Gasteiger charge is -2.19. The summed E-state index contributed by atoms with van der Waals surface area (Å²) in [5, 5.41) is 10.6. The number of hydrogen-bond acceptors (Lipinski definition) is 6. The number of amides is 1. The Labute approximate surface area is 174 Å². The monoisotopic (exact) mass is 401 g/mol. The third kappa shape index (κ3) is 3.47. The number of nitrogens with zero attached hydrogens (tertiary/aromatic N) is 4. The lowest BCUT2D eigenvalue weighted by atomic mass is 9.88. The fourth-order valence-corrected chi connectivity index (χ4v) is 4.32. The Bertz CT molecular complexity index is 1100. The summed E-state index contributed by atoms with van der Waals surface area (Å²) in [4.78, 5) is 18.8. The quantitative estimate of drug-likeness (QED) is 0.696. The van der Waals surface area contributed by atoms with Crippen molar-refractivity contribution < 1.29 is 9.42 Å². The van der Waals surface area contributed by atoms with Crippen LogP contribution in [0.5, 0.6) is 0 Å². The number of nitrogens with one attached hydrogen (secondary N) is 1. The fraction of sp³-hybridized carbons (Fsp3) is 0.304. The molecule has 1 saturated heterocycles. The van der Waals surface area contributed by atoms with Crippen LogP contribution in [0.3, 0.4) is 0 Å². The van der Waals surface area contributed by atoms with E-state index in [9.17, 15) is 4.79 Å². The second-order valence-electron chi connectivity index (χ2n) is 7.82. The summed E-state index contributed by atoms with van der Waals surface area (Å²) in [5.41, 5.74) is 5.83. The van der Waals surface area contributed by atoms with Crippen molar-refractivity contribution >= 4 is 28.8 Å². The predicted octanol–water partition coefficient (Wildman–Crippen LogP) is 4.09. The molecule has 0 spiro atoms. The minimum atomic E-state index is -0.225. The van der Waals surface area contributed by atoms with Crippen molar-refractivity contribution in [3.63, 3.8) is 0 Å². The Morgan fingerprint density at radius 3 is 2.63 bits per heavy atom.